The first-order valence-electron chi connectivity index (χ1n) is 7.56. The topological polar surface area (TPSA) is 53.1 Å². The second kappa shape index (κ2) is 6.10. The van der Waals surface area contributed by atoms with Crippen molar-refractivity contribution in [2.75, 3.05) is 5.73 Å². The first-order chi connectivity index (χ1) is 10.6. The molecule has 0 spiro atoms. The highest BCUT2D eigenvalue weighted by Crippen LogP contribution is 2.24. The van der Waals surface area contributed by atoms with E-state index in [2.05, 4.69) is 24.5 Å². The SMILES string of the molecule is CC(C)Cn1c(COc2ccccc2)nc2c(N)cccc21. The molecule has 3 rings (SSSR count). The highest BCUT2D eigenvalue weighted by atomic mass is 16.5. The largest absolute Gasteiger partial charge is 0.486 e. The number of nitrogens with zero attached hydrogens (tertiary/aromatic N) is 2. The van der Waals surface area contributed by atoms with Gasteiger partial charge < -0.3 is 15.0 Å². The predicted molar refractivity (Wildman–Crippen MR) is 89.8 cm³/mol. The molecule has 2 N–H and O–H groups in total. The highest BCUT2D eigenvalue weighted by Gasteiger charge is 2.14. The zero-order valence-electron chi connectivity index (χ0n) is 13.0. The summed E-state index contributed by atoms with van der Waals surface area (Å²) in [5, 5.41) is 0. The third-order valence-corrected chi connectivity index (χ3v) is 3.55. The van der Waals surface area contributed by atoms with Crippen LogP contribution in [0.25, 0.3) is 11.0 Å². The van der Waals surface area contributed by atoms with Crippen LogP contribution in [0.3, 0.4) is 0 Å². The summed E-state index contributed by atoms with van der Waals surface area (Å²) in [6.07, 6.45) is 0. The Bertz CT molecular complexity index is 763. The van der Waals surface area contributed by atoms with Gasteiger partial charge in [0.2, 0.25) is 0 Å². The standard InChI is InChI=1S/C18H21N3O/c1-13(2)11-21-16-10-6-9-15(19)18(16)20-17(21)12-22-14-7-4-3-5-8-14/h3-10,13H,11-12,19H2,1-2H3. The minimum absolute atomic E-state index is 0.435. The number of hydrogen-bond donors (Lipinski definition) is 1. The first kappa shape index (κ1) is 14.4. The normalized spacial score (nSPS) is 11.2. The predicted octanol–water partition coefficient (Wildman–Crippen LogP) is 3.85. The molecule has 0 unspecified atom stereocenters. The van der Waals surface area contributed by atoms with Gasteiger partial charge in [0.1, 0.15) is 23.7 Å². The number of nitrogens with two attached hydrogens (primary N) is 1. The molecule has 0 atom stereocenters. The molecule has 22 heavy (non-hydrogen) atoms. The molecular formula is C18H21N3O. The van der Waals surface area contributed by atoms with E-state index < -0.39 is 0 Å². The molecule has 2 aromatic carbocycles. The van der Waals surface area contributed by atoms with Gasteiger partial charge in [0.25, 0.3) is 0 Å². The number of anilines is 1. The third kappa shape index (κ3) is 2.91. The minimum atomic E-state index is 0.435. The maximum absolute atomic E-state index is 6.06. The van der Waals surface area contributed by atoms with E-state index in [0.717, 1.165) is 29.2 Å². The Morgan fingerprint density at radius 3 is 2.59 bits per heavy atom. The fourth-order valence-electron chi connectivity index (χ4n) is 2.56. The molecule has 4 heteroatoms. The van der Waals surface area contributed by atoms with Crippen molar-refractivity contribution in [3.8, 4) is 5.75 Å². The number of aromatic nitrogens is 2. The Morgan fingerprint density at radius 1 is 1.09 bits per heavy atom. The zero-order chi connectivity index (χ0) is 15.5. The summed E-state index contributed by atoms with van der Waals surface area (Å²) in [5.41, 5.74) is 8.70. The van der Waals surface area contributed by atoms with Gasteiger partial charge in [-0.1, -0.05) is 38.1 Å². The van der Waals surface area contributed by atoms with Crippen LogP contribution >= 0.6 is 0 Å². The van der Waals surface area contributed by atoms with Gasteiger partial charge in [-0.15, -0.1) is 0 Å². The number of rotatable bonds is 5. The third-order valence-electron chi connectivity index (χ3n) is 3.55. The summed E-state index contributed by atoms with van der Waals surface area (Å²) < 4.78 is 8.07. The van der Waals surface area contributed by atoms with Crippen LogP contribution in [0.1, 0.15) is 19.7 Å². The molecule has 0 fully saturated rings. The van der Waals surface area contributed by atoms with Gasteiger partial charge in [0.15, 0.2) is 0 Å². The number of imidazole rings is 1. The van der Waals surface area contributed by atoms with Gasteiger partial charge in [-0.05, 0) is 30.2 Å². The molecule has 0 saturated carbocycles. The van der Waals surface area contributed by atoms with E-state index in [1.807, 2.05) is 42.5 Å². The summed E-state index contributed by atoms with van der Waals surface area (Å²) in [4.78, 5) is 4.69. The summed E-state index contributed by atoms with van der Waals surface area (Å²) in [7, 11) is 0. The quantitative estimate of drug-likeness (QED) is 0.727. The molecule has 1 aromatic heterocycles. The number of nitrogen functional groups attached to an aromatic ring is 1. The number of ether oxygens (including phenoxy) is 1. The van der Waals surface area contributed by atoms with E-state index in [0.29, 0.717) is 18.2 Å². The Labute approximate surface area is 130 Å². The van der Waals surface area contributed by atoms with Crippen molar-refractivity contribution in [2.24, 2.45) is 5.92 Å². The molecule has 114 valence electrons. The van der Waals surface area contributed by atoms with Crippen LogP contribution in [0.2, 0.25) is 0 Å². The van der Waals surface area contributed by atoms with Gasteiger partial charge in [0.05, 0.1) is 11.2 Å². The van der Waals surface area contributed by atoms with Crippen molar-refractivity contribution >= 4 is 16.7 Å². The fraction of sp³-hybridized carbons (Fsp3) is 0.278. The van der Waals surface area contributed by atoms with E-state index in [1.165, 1.54) is 0 Å². The molecule has 0 radical (unpaired) electrons. The molecule has 1 heterocycles. The summed E-state index contributed by atoms with van der Waals surface area (Å²) >= 11 is 0. The van der Waals surface area contributed by atoms with Crippen molar-refractivity contribution in [2.45, 2.75) is 27.0 Å². The van der Waals surface area contributed by atoms with Crippen LogP contribution in [0.4, 0.5) is 5.69 Å². The Balaban J connectivity index is 1.95. The molecule has 0 saturated heterocycles. The lowest BCUT2D eigenvalue weighted by molar-refractivity contribution is 0.287. The maximum Gasteiger partial charge on any atom is 0.148 e. The lowest BCUT2D eigenvalue weighted by Crippen LogP contribution is -2.10. The second-order valence-corrected chi connectivity index (χ2v) is 5.85. The molecule has 0 aliphatic heterocycles. The molecule has 0 amide bonds. The van der Waals surface area contributed by atoms with Crippen LogP contribution < -0.4 is 10.5 Å². The summed E-state index contributed by atoms with van der Waals surface area (Å²) in [5.74, 6) is 2.28. The van der Waals surface area contributed by atoms with Gasteiger partial charge >= 0.3 is 0 Å². The van der Waals surface area contributed by atoms with Crippen LogP contribution in [-0.2, 0) is 13.2 Å². The van der Waals surface area contributed by atoms with E-state index in [-0.39, 0.29) is 0 Å². The van der Waals surface area contributed by atoms with Gasteiger partial charge in [-0.3, -0.25) is 0 Å². The molecule has 0 aliphatic rings. The number of benzene rings is 2. The van der Waals surface area contributed by atoms with E-state index in [1.54, 1.807) is 0 Å². The van der Waals surface area contributed by atoms with Gasteiger partial charge in [-0.2, -0.15) is 0 Å². The van der Waals surface area contributed by atoms with Crippen molar-refractivity contribution in [3.63, 3.8) is 0 Å². The summed E-state index contributed by atoms with van der Waals surface area (Å²) in [6, 6.07) is 15.7. The fourth-order valence-corrected chi connectivity index (χ4v) is 2.56. The first-order valence-corrected chi connectivity index (χ1v) is 7.56. The average Bonchev–Trinajstić information content (AvgIpc) is 2.85. The Morgan fingerprint density at radius 2 is 1.86 bits per heavy atom. The zero-order valence-corrected chi connectivity index (χ0v) is 13.0. The van der Waals surface area contributed by atoms with Crippen LogP contribution in [0.15, 0.2) is 48.5 Å². The lowest BCUT2D eigenvalue weighted by atomic mass is 10.2. The van der Waals surface area contributed by atoms with E-state index >= 15 is 0 Å². The van der Waals surface area contributed by atoms with Crippen LogP contribution in [0, 0.1) is 5.92 Å². The average molecular weight is 295 g/mol. The summed E-state index contributed by atoms with van der Waals surface area (Å²) in [6.45, 7) is 5.72. The van der Waals surface area contributed by atoms with Crippen LogP contribution in [0.5, 0.6) is 5.75 Å². The van der Waals surface area contributed by atoms with Gasteiger partial charge in [0, 0.05) is 6.54 Å². The molecule has 0 aliphatic carbocycles. The Hall–Kier alpha value is -2.49. The van der Waals surface area contributed by atoms with Crippen molar-refractivity contribution < 1.29 is 4.74 Å². The smallest absolute Gasteiger partial charge is 0.148 e. The van der Waals surface area contributed by atoms with Crippen molar-refractivity contribution in [1.82, 2.24) is 9.55 Å². The van der Waals surface area contributed by atoms with E-state index in [9.17, 15) is 0 Å². The van der Waals surface area contributed by atoms with Crippen LogP contribution in [-0.4, -0.2) is 9.55 Å². The number of hydrogen-bond acceptors (Lipinski definition) is 3. The highest BCUT2D eigenvalue weighted by molar-refractivity contribution is 5.87. The minimum Gasteiger partial charge on any atom is -0.486 e. The number of para-hydroxylation sites is 2. The molecule has 4 nitrogen and oxygen atoms in total. The van der Waals surface area contributed by atoms with Crippen molar-refractivity contribution in [1.29, 1.82) is 0 Å². The maximum atomic E-state index is 6.06. The molecular weight excluding hydrogens is 274 g/mol. The number of fused-ring (bicyclic) bond motifs is 1. The van der Waals surface area contributed by atoms with Gasteiger partial charge in [-0.25, -0.2) is 4.98 Å². The lowest BCUT2D eigenvalue weighted by Gasteiger charge is -2.12. The molecule has 0 bridgehead atoms. The Kier molecular flexibility index (Phi) is 4.00. The second-order valence-electron chi connectivity index (χ2n) is 5.85. The van der Waals surface area contributed by atoms with Crippen molar-refractivity contribution in [3.05, 3.63) is 54.4 Å². The molecule has 3 aromatic rings. The van der Waals surface area contributed by atoms with E-state index in [4.69, 9.17) is 15.5 Å². The monoisotopic (exact) mass is 295 g/mol.